The van der Waals surface area contributed by atoms with Crippen molar-refractivity contribution in [3.63, 3.8) is 0 Å². The van der Waals surface area contributed by atoms with E-state index in [1.165, 1.54) is 12.8 Å². The van der Waals surface area contributed by atoms with Gasteiger partial charge in [-0.05, 0) is 32.3 Å². The third-order valence-electron chi connectivity index (χ3n) is 5.58. The van der Waals surface area contributed by atoms with E-state index >= 15 is 0 Å². The van der Waals surface area contributed by atoms with Crippen molar-refractivity contribution in [1.29, 1.82) is 0 Å². The van der Waals surface area contributed by atoms with Crippen LogP contribution >= 0.6 is 0 Å². The smallest absolute Gasteiger partial charge is 0.142 e. The Hall–Kier alpha value is -2.83. The number of hydrogen-bond donors (Lipinski definition) is 1. The molecule has 1 saturated heterocycles. The molecule has 0 aromatic carbocycles. The molecule has 3 aromatic rings. The van der Waals surface area contributed by atoms with Crippen LogP contribution in [0.1, 0.15) is 30.7 Å². The number of aromatic amines is 1. The number of aryl methyl sites for hydroxylation is 1. The summed E-state index contributed by atoms with van der Waals surface area (Å²) in [4.78, 5) is 17.0. The Morgan fingerprint density at radius 2 is 2.19 bits per heavy atom. The van der Waals surface area contributed by atoms with Crippen molar-refractivity contribution in [2.45, 2.75) is 31.7 Å². The van der Waals surface area contributed by atoms with Crippen LogP contribution in [0, 0.1) is 6.92 Å². The minimum atomic E-state index is 0.119. The zero-order valence-electron chi connectivity index (χ0n) is 14.9. The number of nitrogens with zero attached hydrogens (tertiary/aromatic N) is 5. The molecule has 3 aromatic heterocycles. The van der Waals surface area contributed by atoms with Crippen LogP contribution in [0.15, 0.2) is 35.8 Å². The number of nitrogens with one attached hydrogen (secondary N) is 1. The number of anilines is 1. The fourth-order valence-corrected chi connectivity index (χ4v) is 4.10. The van der Waals surface area contributed by atoms with E-state index in [0.717, 1.165) is 60.1 Å². The largest absolute Gasteiger partial charge is 0.363 e. The second-order valence-electron chi connectivity index (χ2n) is 7.36. The minimum Gasteiger partial charge on any atom is -0.363 e. The van der Waals surface area contributed by atoms with Gasteiger partial charge in [0.2, 0.25) is 0 Å². The average molecular weight is 350 g/mol. The molecule has 26 heavy (non-hydrogen) atoms. The molecule has 7 nitrogen and oxygen atoms in total. The first-order valence-electron chi connectivity index (χ1n) is 9.10. The molecule has 1 N–H and O–H groups in total. The molecule has 1 aliphatic heterocycles. The summed E-state index contributed by atoms with van der Waals surface area (Å²) < 4.78 is 5.26. The summed E-state index contributed by atoms with van der Waals surface area (Å²) in [5, 5.41) is 5.26. The van der Waals surface area contributed by atoms with E-state index in [2.05, 4.69) is 42.6 Å². The van der Waals surface area contributed by atoms with E-state index in [4.69, 9.17) is 4.52 Å². The fourth-order valence-electron chi connectivity index (χ4n) is 4.10. The Labute approximate surface area is 151 Å². The van der Waals surface area contributed by atoms with Gasteiger partial charge in [-0.3, -0.25) is 0 Å². The Morgan fingerprint density at radius 3 is 2.96 bits per heavy atom. The molecule has 0 amide bonds. The van der Waals surface area contributed by atoms with E-state index in [1.807, 2.05) is 19.2 Å². The number of H-pyrrole nitrogens is 1. The molecule has 2 aliphatic rings. The summed E-state index contributed by atoms with van der Waals surface area (Å²) in [5.74, 6) is 1.84. The van der Waals surface area contributed by atoms with E-state index in [-0.39, 0.29) is 5.54 Å². The molecular formula is C19H22N6O. The highest BCUT2D eigenvalue weighted by molar-refractivity contribution is 5.87. The zero-order chi connectivity index (χ0) is 17.7. The summed E-state index contributed by atoms with van der Waals surface area (Å²) in [7, 11) is 0. The number of aromatic nitrogens is 4. The second kappa shape index (κ2) is 5.59. The summed E-state index contributed by atoms with van der Waals surface area (Å²) in [6.07, 6.45) is 6.96. The van der Waals surface area contributed by atoms with Gasteiger partial charge in [0, 0.05) is 31.9 Å². The van der Waals surface area contributed by atoms with E-state index in [1.54, 1.807) is 6.33 Å². The molecule has 0 atom stereocenters. The van der Waals surface area contributed by atoms with Crippen molar-refractivity contribution in [1.82, 2.24) is 25.0 Å². The van der Waals surface area contributed by atoms with Crippen molar-refractivity contribution < 1.29 is 4.52 Å². The third-order valence-corrected chi connectivity index (χ3v) is 5.58. The summed E-state index contributed by atoms with van der Waals surface area (Å²) in [6.45, 7) is 9.14. The molecule has 2 fully saturated rings. The van der Waals surface area contributed by atoms with Crippen molar-refractivity contribution >= 4 is 22.5 Å². The summed E-state index contributed by atoms with van der Waals surface area (Å²) in [5.41, 5.74) is 2.82. The van der Waals surface area contributed by atoms with E-state index < -0.39 is 0 Å². The van der Waals surface area contributed by atoms with Gasteiger partial charge in [0.1, 0.15) is 29.2 Å². The summed E-state index contributed by atoms with van der Waals surface area (Å²) in [6, 6.07) is 4.03. The van der Waals surface area contributed by atoms with Gasteiger partial charge in [-0.1, -0.05) is 11.7 Å². The molecule has 0 radical (unpaired) electrons. The van der Waals surface area contributed by atoms with Crippen molar-refractivity contribution in [3.05, 3.63) is 42.7 Å². The molecule has 7 heteroatoms. The van der Waals surface area contributed by atoms with Crippen molar-refractivity contribution in [2.24, 2.45) is 0 Å². The van der Waals surface area contributed by atoms with Crippen molar-refractivity contribution in [2.75, 3.05) is 24.5 Å². The molecular weight excluding hydrogens is 328 g/mol. The normalized spacial score (nSPS) is 19.1. The van der Waals surface area contributed by atoms with Crippen LogP contribution in [0.5, 0.6) is 0 Å². The van der Waals surface area contributed by atoms with E-state index in [9.17, 15) is 0 Å². The van der Waals surface area contributed by atoms with Crippen LogP contribution in [0.4, 0.5) is 5.82 Å². The maximum Gasteiger partial charge on any atom is 0.142 e. The third kappa shape index (κ3) is 2.38. The van der Waals surface area contributed by atoms with Gasteiger partial charge in [-0.15, -0.1) is 0 Å². The van der Waals surface area contributed by atoms with Crippen LogP contribution in [0.25, 0.3) is 16.7 Å². The quantitative estimate of drug-likeness (QED) is 0.783. The standard InChI is InChI=1S/C19H22N6O/c1-13-10-16(23-26-13)14(2)25-9-3-8-24(11-19(25)5-6-19)18-15-4-7-20-17(15)21-12-22-18/h4,7,10,12H,2-3,5-6,8-9,11H2,1H3,(H,20,21,22). The highest BCUT2D eigenvalue weighted by Crippen LogP contribution is 2.47. The Bertz CT molecular complexity index is 969. The van der Waals surface area contributed by atoms with Crippen LogP contribution in [0.3, 0.4) is 0 Å². The first-order valence-corrected chi connectivity index (χ1v) is 9.10. The number of fused-ring (bicyclic) bond motifs is 1. The fraction of sp³-hybridized carbons (Fsp3) is 0.421. The lowest BCUT2D eigenvalue weighted by Crippen LogP contribution is -2.42. The first-order chi connectivity index (χ1) is 12.7. The topological polar surface area (TPSA) is 74.1 Å². The molecule has 1 spiro atoms. The van der Waals surface area contributed by atoms with Gasteiger partial charge in [0.15, 0.2) is 0 Å². The predicted octanol–water partition coefficient (Wildman–Crippen LogP) is 2.97. The molecule has 1 aliphatic carbocycles. The van der Waals surface area contributed by atoms with Crippen LogP contribution in [-0.2, 0) is 0 Å². The maximum absolute atomic E-state index is 5.26. The lowest BCUT2D eigenvalue weighted by molar-refractivity contribution is 0.291. The lowest BCUT2D eigenvalue weighted by Gasteiger charge is -2.34. The van der Waals surface area contributed by atoms with Crippen molar-refractivity contribution in [3.8, 4) is 0 Å². The Balaban J connectivity index is 1.46. The summed E-state index contributed by atoms with van der Waals surface area (Å²) >= 11 is 0. The van der Waals surface area contributed by atoms with E-state index in [0.29, 0.717) is 0 Å². The van der Waals surface area contributed by atoms with Gasteiger partial charge in [-0.2, -0.15) is 0 Å². The Morgan fingerprint density at radius 1 is 1.31 bits per heavy atom. The number of hydrogen-bond acceptors (Lipinski definition) is 6. The monoisotopic (exact) mass is 350 g/mol. The molecule has 134 valence electrons. The molecule has 4 heterocycles. The van der Waals surface area contributed by atoms with Gasteiger partial charge < -0.3 is 19.3 Å². The lowest BCUT2D eigenvalue weighted by atomic mass is 10.1. The molecule has 0 unspecified atom stereocenters. The Kier molecular flexibility index (Phi) is 3.32. The van der Waals surface area contributed by atoms with Gasteiger partial charge in [-0.25, -0.2) is 9.97 Å². The second-order valence-corrected chi connectivity index (χ2v) is 7.36. The highest BCUT2D eigenvalue weighted by atomic mass is 16.5. The minimum absolute atomic E-state index is 0.119. The molecule has 1 saturated carbocycles. The first kappa shape index (κ1) is 15.4. The highest BCUT2D eigenvalue weighted by Gasteiger charge is 2.51. The predicted molar refractivity (Wildman–Crippen MR) is 99.7 cm³/mol. The average Bonchev–Trinajstić information content (AvgIpc) is 3.09. The van der Waals surface area contributed by atoms with Gasteiger partial charge in [0.05, 0.1) is 16.6 Å². The zero-order valence-corrected chi connectivity index (χ0v) is 14.9. The van der Waals surface area contributed by atoms with Gasteiger partial charge >= 0.3 is 0 Å². The SMILES string of the molecule is C=C(c1cc(C)on1)N1CCCN(c2ncnc3[nH]ccc23)CC12CC2. The van der Waals surface area contributed by atoms with Crippen LogP contribution in [-0.4, -0.2) is 50.2 Å². The number of rotatable bonds is 3. The van der Waals surface area contributed by atoms with Crippen LogP contribution < -0.4 is 4.90 Å². The maximum atomic E-state index is 5.26. The van der Waals surface area contributed by atoms with Gasteiger partial charge in [0.25, 0.3) is 0 Å². The van der Waals surface area contributed by atoms with Crippen LogP contribution in [0.2, 0.25) is 0 Å². The molecule has 5 rings (SSSR count). The molecule has 0 bridgehead atoms.